The summed E-state index contributed by atoms with van der Waals surface area (Å²) < 4.78 is 5.55. The summed E-state index contributed by atoms with van der Waals surface area (Å²) in [7, 11) is 1.60. The number of phenolic OH excluding ortho intramolecular Hbond substituents is 1. The van der Waals surface area contributed by atoms with Crippen LogP contribution in [0.1, 0.15) is 87.7 Å². The number of benzene rings is 1. The van der Waals surface area contributed by atoms with Gasteiger partial charge < -0.3 is 9.84 Å². The molecule has 1 aromatic carbocycles. The molecule has 0 aromatic heterocycles. The Kier molecular flexibility index (Phi) is 3.97. The first kappa shape index (κ1) is 17.3. The molecule has 2 aliphatic carbocycles. The van der Waals surface area contributed by atoms with Gasteiger partial charge in [0.1, 0.15) is 0 Å². The molecule has 2 atom stereocenters. The van der Waals surface area contributed by atoms with E-state index in [4.69, 9.17) is 4.74 Å². The topological polar surface area (TPSA) is 46.5 Å². The molecule has 0 radical (unpaired) electrons. The quantitative estimate of drug-likeness (QED) is 0.811. The summed E-state index contributed by atoms with van der Waals surface area (Å²) >= 11 is 0. The summed E-state index contributed by atoms with van der Waals surface area (Å²) in [4.78, 5) is 12.9. The van der Waals surface area contributed by atoms with Crippen molar-refractivity contribution in [1.29, 1.82) is 0 Å². The van der Waals surface area contributed by atoms with Crippen LogP contribution in [0.5, 0.6) is 11.5 Å². The molecule has 1 N–H and O–H groups in total. The van der Waals surface area contributed by atoms with Crippen LogP contribution in [0.15, 0.2) is 6.07 Å². The first-order valence-corrected chi connectivity index (χ1v) is 9.11. The molecule has 0 aliphatic heterocycles. The molecule has 1 aromatic rings. The largest absolute Gasteiger partial charge is 0.504 e. The summed E-state index contributed by atoms with van der Waals surface area (Å²) in [6.07, 6.45) is 3.86. The molecule has 0 amide bonds. The number of ether oxygens (including phenoxy) is 1. The second kappa shape index (κ2) is 5.50. The Morgan fingerprint density at radius 1 is 1.25 bits per heavy atom. The summed E-state index contributed by atoms with van der Waals surface area (Å²) in [6, 6.07) is 1.98. The number of carbonyl (C=O) groups is 1. The monoisotopic (exact) mass is 330 g/mol. The fourth-order valence-electron chi connectivity index (χ4n) is 5.33. The fraction of sp³-hybridized carbons (Fsp3) is 0.667. The zero-order chi connectivity index (χ0) is 17.9. The van der Waals surface area contributed by atoms with Crippen molar-refractivity contribution in [3.8, 4) is 11.5 Å². The highest BCUT2D eigenvalue weighted by Gasteiger charge is 2.53. The molecular formula is C21H30O3. The molecule has 132 valence electrons. The van der Waals surface area contributed by atoms with Crippen LogP contribution in [0.3, 0.4) is 0 Å². The molecule has 0 spiro atoms. The maximum atomic E-state index is 12.9. The van der Waals surface area contributed by atoms with Gasteiger partial charge in [-0.05, 0) is 36.2 Å². The Labute approximate surface area is 145 Å². The Balaban J connectivity index is 2.30. The molecule has 1 saturated carbocycles. The first-order chi connectivity index (χ1) is 11.1. The van der Waals surface area contributed by atoms with E-state index < -0.39 is 0 Å². The van der Waals surface area contributed by atoms with Gasteiger partial charge in [0.15, 0.2) is 17.3 Å². The second-order valence-corrected chi connectivity index (χ2v) is 8.86. The SMILES string of the molecule is COc1c(C(C)C)cc2c(c1O)[C@@]1(C)CCCC(C)(C)[C@@H]1CC2=O. The highest BCUT2D eigenvalue weighted by molar-refractivity contribution is 6.01. The van der Waals surface area contributed by atoms with Gasteiger partial charge in [0.2, 0.25) is 0 Å². The zero-order valence-electron chi connectivity index (χ0n) is 15.8. The van der Waals surface area contributed by atoms with Gasteiger partial charge >= 0.3 is 0 Å². The molecule has 3 nitrogen and oxygen atoms in total. The number of Topliss-reactive ketones (excluding diaryl/α,β-unsaturated/α-hetero) is 1. The Bertz CT molecular complexity index is 687. The maximum absolute atomic E-state index is 12.9. The van der Waals surface area contributed by atoms with E-state index in [1.165, 1.54) is 0 Å². The van der Waals surface area contributed by atoms with Crippen LogP contribution in [0.4, 0.5) is 0 Å². The van der Waals surface area contributed by atoms with Crippen molar-refractivity contribution >= 4 is 5.78 Å². The van der Waals surface area contributed by atoms with Crippen molar-refractivity contribution in [1.82, 2.24) is 0 Å². The van der Waals surface area contributed by atoms with Gasteiger partial charge in [0.25, 0.3) is 0 Å². The van der Waals surface area contributed by atoms with Crippen LogP contribution < -0.4 is 4.74 Å². The average Bonchev–Trinajstić information content (AvgIpc) is 2.48. The Morgan fingerprint density at radius 3 is 2.50 bits per heavy atom. The number of rotatable bonds is 2. The van der Waals surface area contributed by atoms with Gasteiger partial charge in [-0.15, -0.1) is 0 Å². The van der Waals surface area contributed by atoms with E-state index in [0.29, 0.717) is 17.7 Å². The molecule has 0 heterocycles. The van der Waals surface area contributed by atoms with Crippen LogP contribution in [0.25, 0.3) is 0 Å². The van der Waals surface area contributed by atoms with Gasteiger partial charge in [-0.1, -0.05) is 41.0 Å². The van der Waals surface area contributed by atoms with Gasteiger partial charge in [0, 0.05) is 28.5 Å². The first-order valence-electron chi connectivity index (χ1n) is 9.11. The Morgan fingerprint density at radius 2 is 1.92 bits per heavy atom. The van der Waals surface area contributed by atoms with Crippen molar-refractivity contribution < 1.29 is 14.6 Å². The summed E-state index contributed by atoms with van der Waals surface area (Å²) in [5, 5.41) is 11.1. The number of methoxy groups -OCH3 is 1. The average molecular weight is 330 g/mol. The minimum absolute atomic E-state index is 0.108. The zero-order valence-corrected chi connectivity index (χ0v) is 15.8. The van der Waals surface area contributed by atoms with Crippen molar-refractivity contribution in [3.63, 3.8) is 0 Å². The van der Waals surface area contributed by atoms with Gasteiger partial charge in [-0.25, -0.2) is 0 Å². The molecule has 0 bridgehead atoms. The normalized spacial score (nSPS) is 28.5. The number of hydrogen-bond acceptors (Lipinski definition) is 3. The number of fused-ring (bicyclic) bond motifs is 3. The molecule has 3 rings (SSSR count). The van der Waals surface area contributed by atoms with E-state index in [-0.39, 0.29) is 34.2 Å². The second-order valence-electron chi connectivity index (χ2n) is 8.86. The van der Waals surface area contributed by atoms with Gasteiger partial charge in [0.05, 0.1) is 7.11 Å². The third-order valence-corrected chi connectivity index (χ3v) is 6.60. The van der Waals surface area contributed by atoms with Gasteiger partial charge in [-0.3, -0.25) is 4.79 Å². The molecule has 3 heteroatoms. The van der Waals surface area contributed by atoms with Crippen LogP contribution in [-0.2, 0) is 5.41 Å². The fourth-order valence-corrected chi connectivity index (χ4v) is 5.33. The molecule has 2 aliphatic rings. The minimum Gasteiger partial charge on any atom is -0.504 e. The number of phenols is 1. The molecule has 1 fully saturated rings. The van der Waals surface area contributed by atoms with Crippen LogP contribution in [-0.4, -0.2) is 18.0 Å². The smallest absolute Gasteiger partial charge is 0.164 e. The van der Waals surface area contributed by atoms with Crippen molar-refractivity contribution in [2.75, 3.05) is 7.11 Å². The van der Waals surface area contributed by atoms with Crippen molar-refractivity contribution in [3.05, 3.63) is 22.8 Å². The van der Waals surface area contributed by atoms with Crippen LogP contribution in [0.2, 0.25) is 0 Å². The summed E-state index contributed by atoms with van der Waals surface area (Å²) in [6.45, 7) is 10.9. The van der Waals surface area contributed by atoms with E-state index in [1.807, 2.05) is 6.07 Å². The molecule has 24 heavy (non-hydrogen) atoms. The minimum atomic E-state index is -0.169. The lowest BCUT2D eigenvalue weighted by molar-refractivity contribution is 0.0354. The summed E-state index contributed by atoms with van der Waals surface area (Å²) in [5.41, 5.74) is 2.40. The highest BCUT2D eigenvalue weighted by Crippen LogP contribution is 2.60. The predicted octanol–water partition coefficient (Wildman–Crippen LogP) is 5.19. The molecule has 0 saturated heterocycles. The van der Waals surface area contributed by atoms with E-state index in [2.05, 4.69) is 34.6 Å². The third-order valence-electron chi connectivity index (χ3n) is 6.60. The summed E-state index contributed by atoms with van der Waals surface area (Å²) in [5.74, 6) is 1.36. The predicted molar refractivity (Wildman–Crippen MR) is 96.2 cm³/mol. The third kappa shape index (κ3) is 2.28. The van der Waals surface area contributed by atoms with E-state index in [0.717, 1.165) is 30.4 Å². The highest BCUT2D eigenvalue weighted by atomic mass is 16.5. The lowest BCUT2D eigenvalue weighted by atomic mass is 9.50. The number of carbonyl (C=O) groups excluding carboxylic acids is 1. The van der Waals surface area contributed by atoms with Crippen molar-refractivity contribution in [2.24, 2.45) is 11.3 Å². The van der Waals surface area contributed by atoms with Gasteiger partial charge in [-0.2, -0.15) is 0 Å². The molecular weight excluding hydrogens is 300 g/mol. The standard InChI is InChI=1S/C21H30O3/c1-12(2)13-10-14-15(22)11-16-20(3,4)8-7-9-21(16,5)17(14)18(23)19(13)24-6/h10,12,16,23H,7-9,11H2,1-6H3/t16-,21-/m0/s1. The number of ketones is 1. The van der Waals surface area contributed by atoms with Crippen molar-refractivity contribution in [2.45, 2.75) is 71.6 Å². The Hall–Kier alpha value is -1.51. The van der Waals surface area contributed by atoms with E-state index >= 15 is 0 Å². The lowest BCUT2D eigenvalue weighted by Gasteiger charge is -2.54. The molecule has 0 unspecified atom stereocenters. The maximum Gasteiger partial charge on any atom is 0.164 e. The lowest BCUT2D eigenvalue weighted by Crippen LogP contribution is -2.49. The number of hydrogen-bond donors (Lipinski definition) is 1. The van der Waals surface area contributed by atoms with Crippen LogP contribution >= 0.6 is 0 Å². The van der Waals surface area contributed by atoms with E-state index in [9.17, 15) is 9.90 Å². The van der Waals surface area contributed by atoms with E-state index in [1.54, 1.807) is 7.11 Å². The number of aromatic hydroxyl groups is 1. The van der Waals surface area contributed by atoms with Crippen LogP contribution in [0, 0.1) is 11.3 Å².